The zero-order valence-corrected chi connectivity index (χ0v) is 23.5. The van der Waals surface area contributed by atoms with Crippen molar-refractivity contribution in [1.29, 1.82) is 0 Å². The van der Waals surface area contributed by atoms with Gasteiger partial charge in [0, 0.05) is 43.5 Å². The van der Waals surface area contributed by atoms with E-state index in [0.29, 0.717) is 28.5 Å². The molecule has 4 aromatic rings. The van der Waals surface area contributed by atoms with E-state index < -0.39 is 0 Å². The molecule has 1 heterocycles. The summed E-state index contributed by atoms with van der Waals surface area (Å²) in [6, 6.07) is 28.7. The lowest BCUT2D eigenvalue weighted by molar-refractivity contribution is 0.306. The smallest absolute Gasteiger partial charge is 0.128 e. The van der Waals surface area contributed by atoms with Crippen LogP contribution < -0.4 is 10.1 Å². The molecule has 0 fully saturated rings. The first-order chi connectivity index (χ1) is 18.5. The van der Waals surface area contributed by atoms with Gasteiger partial charge in [-0.15, -0.1) is 0 Å². The van der Waals surface area contributed by atoms with Gasteiger partial charge in [-0.25, -0.2) is 0 Å². The van der Waals surface area contributed by atoms with Gasteiger partial charge in [-0.3, -0.25) is 4.99 Å². The molecule has 0 saturated heterocycles. The average molecular weight is 604 g/mol. The summed E-state index contributed by atoms with van der Waals surface area (Å²) in [5.41, 5.74) is 6.54. The third-order valence-corrected chi connectivity index (χ3v) is 8.33. The first kappa shape index (κ1) is 25.2. The van der Waals surface area contributed by atoms with Crippen LogP contribution >= 0.6 is 39.1 Å². The molecule has 0 bridgehead atoms. The summed E-state index contributed by atoms with van der Waals surface area (Å²) in [7, 11) is 0. The number of allylic oxidation sites excluding steroid dienone is 2. The Kier molecular flexibility index (Phi) is 7.29. The van der Waals surface area contributed by atoms with E-state index in [1.54, 1.807) is 6.07 Å². The highest BCUT2D eigenvalue weighted by Gasteiger charge is 2.37. The van der Waals surface area contributed by atoms with Gasteiger partial charge in [-0.05, 0) is 72.0 Å². The molecule has 1 aliphatic carbocycles. The molecular weight excluding hydrogens is 579 g/mol. The molecule has 38 heavy (non-hydrogen) atoms. The average Bonchev–Trinajstić information content (AvgIpc) is 3.43. The molecular formula is C32H25BrCl2N2O. The zero-order chi connectivity index (χ0) is 26.1. The summed E-state index contributed by atoms with van der Waals surface area (Å²) in [5, 5.41) is 4.98. The van der Waals surface area contributed by atoms with Gasteiger partial charge >= 0.3 is 0 Å². The summed E-state index contributed by atoms with van der Waals surface area (Å²) < 4.78 is 7.05. The number of rotatable bonds is 6. The fraction of sp³-hybridized carbons (Fsp3) is 0.156. The SMILES string of the molecule is Clc1ccc(COc2ccc(Br)cc2C=Nc2ccc([C@@H]3Nc4ccccc4[C@@H]4C=CC[C@@H]43)cc2)c(Cl)c1. The van der Waals surface area contributed by atoms with Crippen molar-refractivity contribution in [3.05, 3.63) is 134 Å². The first-order valence-corrected chi connectivity index (χ1v) is 14.1. The summed E-state index contributed by atoms with van der Waals surface area (Å²) in [6.07, 6.45) is 7.62. The van der Waals surface area contributed by atoms with Crippen LogP contribution in [-0.4, -0.2) is 6.21 Å². The quantitative estimate of drug-likeness (QED) is 0.176. The van der Waals surface area contributed by atoms with Crippen molar-refractivity contribution in [2.24, 2.45) is 10.9 Å². The van der Waals surface area contributed by atoms with Crippen LogP contribution in [0, 0.1) is 5.92 Å². The lowest BCUT2D eigenvalue weighted by Crippen LogP contribution is -2.28. The van der Waals surface area contributed by atoms with Gasteiger partial charge in [0.25, 0.3) is 0 Å². The predicted molar refractivity (Wildman–Crippen MR) is 161 cm³/mol. The van der Waals surface area contributed by atoms with E-state index in [0.717, 1.165) is 33.5 Å². The lowest BCUT2D eigenvalue weighted by atomic mass is 9.77. The monoisotopic (exact) mass is 602 g/mol. The molecule has 2 aliphatic rings. The van der Waals surface area contributed by atoms with Crippen LogP contribution in [0.2, 0.25) is 10.0 Å². The van der Waals surface area contributed by atoms with Crippen molar-refractivity contribution in [2.75, 3.05) is 5.32 Å². The second-order valence-corrected chi connectivity index (χ2v) is 11.4. The highest BCUT2D eigenvalue weighted by atomic mass is 79.9. The maximum Gasteiger partial charge on any atom is 0.128 e. The van der Waals surface area contributed by atoms with Gasteiger partial charge in [0.2, 0.25) is 0 Å². The normalized spacial score (nSPS) is 19.7. The van der Waals surface area contributed by atoms with E-state index in [9.17, 15) is 0 Å². The molecule has 0 aromatic heterocycles. The Hall–Kier alpha value is -3.05. The van der Waals surface area contributed by atoms with Gasteiger partial charge in [0.05, 0.1) is 11.7 Å². The van der Waals surface area contributed by atoms with Crippen molar-refractivity contribution < 1.29 is 4.74 Å². The Morgan fingerprint density at radius 1 is 0.974 bits per heavy atom. The molecule has 0 radical (unpaired) electrons. The van der Waals surface area contributed by atoms with Gasteiger partial charge in [0.1, 0.15) is 12.4 Å². The van der Waals surface area contributed by atoms with Gasteiger partial charge in [-0.2, -0.15) is 0 Å². The molecule has 4 aromatic carbocycles. The summed E-state index contributed by atoms with van der Waals surface area (Å²) in [4.78, 5) is 4.75. The molecule has 0 unspecified atom stereocenters. The number of nitrogens with zero attached hydrogens (tertiary/aromatic N) is 1. The number of benzene rings is 4. The Balaban J connectivity index is 1.19. The Labute approximate surface area is 241 Å². The number of nitrogens with one attached hydrogen (secondary N) is 1. The number of aliphatic imine (C=N–C) groups is 1. The molecule has 3 atom stereocenters. The number of hydrogen-bond acceptors (Lipinski definition) is 3. The maximum absolute atomic E-state index is 6.32. The molecule has 6 heteroatoms. The minimum absolute atomic E-state index is 0.271. The molecule has 1 N–H and O–H groups in total. The summed E-state index contributed by atoms with van der Waals surface area (Å²) in [6.45, 7) is 0.335. The van der Waals surface area contributed by atoms with E-state index in [-0.39, 0.29) is 6.04 Å². The predicted octanol–water partition coefficient (Wildman–Crippen LogP) is 9.91. The summed E-state index contributed by atoms with van der Waals surface area (Å²) in [5.74, 6) is 1.71. The maximum atomic E-state index is 6.32. The van der Waals surface area contributed by atoms with Crippen LogP contribution in [-0.2, 0) is 6.61 Å². The number of halogens is 3. The number of hydrogen-bond donors (Lipinski definition) is 1. The van der Waals surface area contributed by atoms with Gasteiger partial charge in [0.15, 0.2) is 0 Å². The highest BCUT2D eigenvalue weighted by Crippen LogP contribution is 2.49. The van der Waals surface area contributed by atoms with Crippen molar-refractivity contribution in [2.45, 2.75) is 25.0 Å². The van der Waals surface area contributed by atoms with Crippen LogP contribution in [0.3, 0.4) is 0 Å². The Morgan fingerprint density at radius 2 is 1.82 bits per heavy atom. The van der Waals surface area contributed by atoms with Crippen molar-refractivity contribution in [3.63, 3.8) is 0 Å². The van der Waals surface area contributed by atoms with Crippen LogP contribution in [0.15, 0.2) is 107 Å². The summed E-state index contributed by atoms with van der Waals surface area (Å²) >= 11 is 15.9. The third kappa shape index (κ3) is 5.26. The fourth-order valence-corrected chi connectivity index (χ4v) is 6.17. The van der Waals surface area contributed by atoms with Crippen LogP contribution in [0.25, 0.3) is 0 Å². The second-order valence-electron chi connectivity index (χ2n) is 9.62. The zero-order valence-electron chi connectivity index (χ0n) is 20.5. The highest BCUT2D eigenvalue weighted by molar-refractivity contribution is 9.10. The van der Waals surface area contributed by atoms with E-state index in [1.807, 2.05) is 36.5 Å². The third-order valence-electron chi connectivity index (χ3n) is 7.25. The van der Waals surface area contributed by atoms with E-state index >= 15 is 0 Å². The number of fused-ring (bicyclic) bond motifs is 3. The van der Waals surface area contributed by atoms with Gasteiger partial charge in [-0.1, -0.05) is 87.7 Å². The molecule has 6 rings (SSSR count). The molecule has 3 nitrogen and oxygen atoms in total. The second kappa shape index (κ2) is 11.0. The van der Waals surface area contributed by atoms with Crippen molar-refractivity contribution in [3.8, 4) is 5.75 Å². The Bertz CT molecular complexity index is 1530. The lowest BCUT2D eigenvalue weighted by Gasteiger charge is -2.37. The van der Waals surface area contributed by atoms with Crippen molar-refractivity contribution in [1.82, 2.24) is 0 Å². The minimum Gasteiger partial charge on any atom is -0.488 e. The van der Waals surface area contributed by atoms with Gasteiger partial charge < -0.3 is 10.1 Å². The van der Waals surface area contributed by atoms with Crippen LogP contribution in [0.4, 0.5) is 11.4 Å². The van der Waals surface area contributed by atoms with Crippen LogP contribution in [0.5, 0.6) is 5.75 Å². The van der Waals surface area contributed by atoms with Crippen LogP contribution in [0.1, 0.15) is 40.6 Å². The standard InChI is InChI=1S/C32H25BrCl2N2O/c33-23-11-15-31(38-19-21-8-12-24(34)17-29(21)35)22(16-23)18-36-25-13-9-20(10-14-25)32-28-6-3-5-26(28)27-4-1-2-7-30(27)37-32/h1-5,7-18,26,28,32,37H,6,19H2/t26-,28-,32-/m0/s1. The number of anilines is 1. The molecule has 0 amide bonds. The largest absolute Gasteiger partial charge is 0.488 e. The number of para-hydroxylation sites is 1. The molecule has 0 saturated carbocycles. The van der Waals surface area contributed by atoms with E-state index in [1.165, 1.54) is 16.8 Å². The molecule has 0 spiro atoms. The van der Waals surface area contributed by atoms with Crippen molar-refractivity contribution >= 4 is 56.7 Å². The van der Waals surface area contributed by atoms with E-state index in [4.69, 9.17) is 32.9 Å². The molecule has 190 valence electrons. The molecule has 1 aliphatic heterocycles. The number of ether oxygens (including phenoxy) is 1. The fourth-order valence-electron chi connectivity index (χ4n) is 5.33. The van der Waals surface area contributed by atoms with E-state index in [2.05, 4.69) is 81.9 Å². The minimum atomic E-state index is 0.271. The Morgan fingerprint density at radius 3 is 2.66 bits per heavy atom. The first-order valence-electron chi connectivity index (χ1n) is 12.6. The topological polar surface area (TPSA) is 33.6 Å².